The summed E-state index contributed by atoms with van der Waals surface area (Å²) in [5.41, 5.74) is 6.49. The fourth-order valence-corrected chi connectivity index (χ4v) is 3.62. The maximum absolute atomic E-state index is 12.1. The van der Waals surface area contributed by atoms with E-state index in [0.29, 0.717) is 28.8 Å². The molecule has 1 atom stereocenters. The van der Waals surface area contributed by atoms with E-state index < -0.39 is 0 Å². The second-order valence-corrected chi connectivity index (χ2v) is 6.95. The Balaban J connectivity index is 0.00000144. The van der Waals surface area contributed by atoms with Crippen LogP contribution in [-0.2, 0) is 11.2 Å². The molecule has 1 aliphatic rings. The summed E-state index contributed by atoms with van der Waals surface area (Å²) in [6, 6.07) is 3.67. The van der Waals surface area contributed by atoms with Gasteiger partial charge in [0.1, 0.15) is 0 Å². The number of nitrogens with two attached hydrogens (primary N) is 1. The van der Waals surface area contributed by atoms with Crippen molar-refractivity contribution in [1.29, 1.82) is 0 Å². The second-order valence-electron chi connectivity index (χ2n) is 5.14. The number of rotatable bonds is 4. The van der Waals surface area contributed by atoms with Crippen LogP contribution in [0.1, 0.15) is 21.8 Å². The topological polar surface area (TPSA) is 88.3 Å². The normalized spacial score (nSPS) is 16.2. The minimum Gasteiger partial charge on any atom is -0.341 e. The number of hydrogen-bond acceptors (Lipinski definition) is 6. The highest BCUT2D eigenvalue weighted by Gasteiger charge is 2.24. The molecule has 0 unspecified atom stereocenters. The largest absolute Gasteiger partial charge is 0.341 e. The first-order valence-electron chi connectivity index (χ1n) is 6.94. The van der Waals surface area contributed by atoms with Crippen molar-refractivity contribution in [1.82, 2.24) is 9.88 Å². The average molecular weight is 409 g/mol. The predicted molar refractivity (Wildman–Crippen MR) is 102 cm³/mol. The van der Waals surface area contributed by atoms with Crippen LogP contribution >= 0.6 is 47.5 Å². The summed E-state index contributed by atoms with van der Waals surface area (Å²) >= 11 is 2.70. The number of carbonyl (C=O) groups is 2. The van der Waals surface area contributed by atoms with E-state index in [1.807, 2.05) is 11.4 Å². The van der Waals surface area contributed by atoms with Crippen LogP contribution in [0.25, 0.3) is 0 Å². The van der Waals surface area contributed by atoms with Crippen molar-refractivity contribution in [3.8, 4) is 0 Å². The van der Waals surface area contributed by atoms with Gasteiger partial charge in [0.15, 0.2) is 5.13 Å². The van der Waals surface area contributed by atoms with E-state index in [2.05, 4.69) is 10.3 Å². The first-order valence-corrected chi connectivity index (χ1v) is 8.70. The monoisotopic (exact) mass is 408 g/mol. The summed E-state index contributed by atoms with van der Waals surface area (Å²) in [4.78, 5) is 30.8. The van der Waals surface area contributed by atoms with Gasteiger partial charge in [0.25, 0.3) is 5.91 Å². The Morgan fingerprint density at radius 3 is 2.79 bits per heavy atom. The summed E-state index contributed by atoms with van der Waals surface area (Å²) in [6.45, 7) is 1.33. The van der Waals surface area contributed by atoms with Crippen molar-refractivity contribution in [2.75, 3.05) is 18.4 Å². The number of halogens is 2. The molecule has 0 bridgehead atoms. The Morgan fingerprint density at radius 2 is 2.17 bits per heavy atom. The van der Waals surface area contributed by atoms with Gasteiger partial charge in [-0.15, -0.1) is 47.5 Å². The Morgan fingerprint density at radius 1 is 1.38 bits per heavy atom. The summed E-state index contributed by atoms with van der Waals surface area (Å²) in [6.07, 6.45) is 1.10. The van der Waals surface area contributed by atoms with Crippen molar-refractivity contribution in [2.45, 2.75) is 18.9 Å². The maximum atomic E-state index is 12.1. The van der Waals surface area contributed by atoms with Crippen LogP contribution in [0, 0.1) is 0 Å². The summed E-state index contributed by atoms with van der Waals surface area (Å²) in [7, 11) is 0. The first-order chi connectivity index (χ1) is 10.6. The molecular weight excluding hydrogens is 391 g/mol. The summed E-state index contributed by atoms with van der Waals surface area (Å²) < 4.78 is 0. The Bertz CT molecular complexity index is 678. The van der Waals surface area contributed by atoms with Crippen LogP contribution in [-0.4, -0.2) is 40.8 Å². The number of amides is 2. The van der Waals surface area contributed by atoms with Crippen molar-refractivity contribution in [3.63, 3.8) is 0 Å². The van der Waals surface area contributed by atoms with E-state index in [1.54, 1.807) is 16.3 Å². The van der Waals surface area contributed by atoms with E-state index in [9.17, 15) is 9.59 Å². The summed E-state index contributed by atoms with van der Waals surface area (Å²) in [5.74, 6) is -0.137. The molecule has 0 spiro atoms. The zero-order chi connectivity index (χ0) is 15.5. The van der Waals surface area contributed by atoms with Crippen LogP contribution in [0.15, 0.2) is 22.9 Å². The third kappa shape index (κ3) is 5.15. The molecule has 0 aliphatic carbocycles. The zero-order valence-corrected chi connectivity index (χ0v) is 15.9. The molecule has 10 heteroatoms. The molecule has 3 rings (SSSR count). The van der Waals surface area contributed by atoms with Crippen molar-refractivity contribution < 1.29 is 9.59 Å². The maximum Gasteiger partial charge on any atom is 0.267 e. The van der Waals surface area contributed by atoms with Gasteiger partial charge in [-0.2, -0.15) is 0 Å². The molecule has 0 radical (unpaired) electrons. The number of carbonyl (C=O) groups excluding carboxylic acids is 2. The SMILES string of the molecule is Cl.Cl.N[C@@H]1CCN(C(=O)Cc2csc(NC(=O)c3cccs3)n2)C1. The van der Waals surface area contributed by atoms with Crippen molar-refractivity contribution in [2.24, 2.45) is 5.73 Å². The Hall–Kier alpha value is -1.19. The van der Waals surface area contributed by atoms with E-state index in [-0.39, 0.29) is 49.1 Å². The van der Waals surface area contributed by atoms with Gasteiger partial charge in [0, 0.05) is 24.5 Å². The number of thiazole rings is 1. The number of likely N-dealkylation sites (tertiary alicyclic amines) is 1. The standard InChI is InChI=1S/C14H16N4O2S2.2ClH/c15-9-3-4-18(7-9)12(19)6-10-8-22-14(16-10)17-13(20)11-2-1-5-21-11;;/h1-2,5,8-9H,3-4,6-7,15H2,(H,16,17,20);2*1H/t9-;;/m1../s1. The lowest BCUT2D eigenvalue weighted by molar-refractivity contribution is -0.129. The minimum absolute atomic E-state index is 0. The fraction of sp³-hybridized carbons (Fsp3) is 0.357. The van der Waals surface area contributed by atoms with Gasteiger partial charge < -0.3 is 10.6 Å². The highest BCUT2D eigenvalue weighted by atomic mass is 35.5. The smallest absolute Gasteiger partial charge is 0.267 e. The molecule has 0 saturated carbocycles. The molecule has 132 valence electrons. The third-order valence-corrected chi connectivity index (χ3v) is 5.10. The number of anilines is 1. The van der Waals surface area contributed by atoms with Gasteiger partial charge in [-0.1, -0.05) is 6.07 Å². The molecule has 2 amide bonds. The highest BCUT2D eigenvalue weighted by molar-refractivity contribution is 7.14. The predicted octanol–water partition coefficient (Wildman–Crippen LogP) is 2.40. The van der Waals surface area contributed by atoms with E-state index in [1.165, 1.54) is 22.7 Å². The molecule has 3 heterocycles. The molecule has 0 aromatic carbocycles. The molecule has 1 fully saturated rings. The third-order valence-electron chi connectivity index (χ3n) is 3.43. The molecular formula is C14H18Cl2N4O2S2. The number of aromatic nitrogens is 1. The van der Waals surface area contributed by atoms with Gasteiger partial charge in [-0.25, -0.2) is 4.98 Å². The molecule has 24 heavy (non-hydrogen) atoms. The molecule has 3 N–H and O–H groups in total. The van der Waals surface area contributed by atoms with Gasteiger partial charge >= 0.3 is 0 Å². The number of hydrogen-bond donors (Lipinski definition) is 2. The quantitative estimate of drug-likeness (QED) is 0.812. The van der Waals surface area contributed by atoms with Crippen LogP contribution in [0.4, 0.5) is 5.13 Å². The molecule has 2 aromatic rings. The first kappa shape index (κ1) is 20.9. The number of nitrogens with one attached hydrogen (secondary N) is 1. The Labute approximate surface area is 160 Å². The number of nitrogens with zero attached hydrogens (tertiary/aromatic N) is 2. The fourth-order valence-electron chi connectivity index (χ4n) is 2.29. The van der Waals surface area contributed by atoms with Crippen molar-refractivity contribution >= 4 is 64.4 Å². The molecule has 2 aromatic heterocycles. The van der Waals surface area contributed by atoms with E-state index in [0.717, 1.165) is 6.42 Å². The molecule has 1 aliphatic heterocycles. The lowest BCUT2D eigenvalue weighted by Crippen LogP contribution is -2.33. The van der Waals surface area contributed by atoms with Gasteiger partial charge in [0.05, 0.1) is 17.0 Å². The van der Waals surface area contributed by atoms with Crippen molar-refractivity contribution in [3.05, 3.63) is 33.5 Å². The van der Waals surface area contributed by atoms with Gasteiger partial charge in [-0.05, 0) is 17.9 Å². The lowest BCUT2D eigenvalue weighted by Gasteiger charge is -2.14. The van der Waals surface area contributed by atoms with Gasteiger partial charge in [-0.3, -0.25) is 14.9 Å². The zero-order valence-electron chi connectivity index (χ0n) is 12.6. The van der Waals surface area contributed by atoms with Crippen LogP contribution in [0.5, 0.6) is 0 Å². The van der Waals surface area contributed by atoms with E-state index >= 15 is 0 Å². The van der Waals surface area contributed by atoms with Gasteiger partial charge in [0.2, 0.25) is 5.91 Å². The number of thiophene rings is 1. The second kappa shape index (κ2) is 9.33. The average Bonchev–Trinajstić information content (AvgIpc) is 3.20. The van der Waals surface area contributed by atoms with Crippen LogP contribution < -0.4 is 11.1 Å². The molecule has 6 nitrogen and oxygen atoms in total. The summed E-state index contributed by atoms with van der Waals surface area (Å²) in [5, 5.41) is 6.91. The van der Waals surface area contributed by atoms with E-state index in [4.69, 9.17) is 5.73 Å². The lowest BCUT2D eigenvalue weighted by atomic mass is 10.3. The van der Waals surface area contributed by atoms with Crippen LogP contribution in [0.2, 0.25) is 0 Å². The Kier molecular flexibility index (Phi) is 8.11. The molecule has 1 saturated heterocycles. The highest BCUT2D eigenvalue weighted by Crippen LogP contribution is 2.19. The minimum atomic E-state index is -0.173. The van der Waals surface area contributed by atoms with Crippen LogP contribution in [0.3, 0.4) is 0 Å².